The second-order valence-electron chi connectivity index (χ2n) is 7.30. The summed E-state index contributed by atoms with van der Waals surface area (Å²) in [6.45, 7) is 1.71. The number of fused-ring (bicyclic) bond motifs is 2. The first-order valence-electron chi connectivity index (χ1n) is 9.68. The molecule has 2 aromatic carbocycles. The molecular weight excluding hydrogens is 436 g/mol. The number of carbonyl (C=O) groups excluding carboxylic acids is 1. The lowest BCUT2D eigenvalue weighted by molar-refractivity contribution is 0.0969. The molecule has 0 spiro atoms. The van der Waals surface area contributed by atoms with Gasteiger partial charge in [-0.2, -0.15) is 0 Å². The number of ether oxygens (including phenoxy) is 2. The summed E-state index contributed by atoms with van der Waals surface area (Å²) in [7, 11) is 3.04. The van der Waals surface area contributed by atoms with Crippen molar-refractivity contribution >= 4 is 34.3 Å². The number of nitrogens with zero attached hydrogens (tertiary/aromatic N) is 2. The van der Waals surface area contributed by atoms with Crippen LogP contribution < -0.4 is 19.8 Å². The highest BCUT2D eigenvalue weighted by Gasteiger charge is 2.46. The van der Waals surface area contributed by atoms with Gasteiger partial charge in [-0.25, -0.2) is 0 Å². The highest BCUT2D eigenvalue weighted by molar-refractivity contribution is 6.31. The average Bonchev–Trinajstić information content (AvgIpc) is 3.34. The van der Waals surface area contributed by atoms with E-state index in [0.717, 1.165) is 0 Å². The number of carbonyl (C=O) groups is 1. The molecule has 1 amide bonds. The van der Waals surface area contributed by atoms with Crippen LogP contribution >= 0.6 is 11.6 Å². The molecule has 4 aromatic rings. The van der Waals surface area contributed by atoms with Crippen molar-refractivity contribution < 1.29 is 23.2 Å². The Morgan fingerprint density at radius 3 is 2.56 bits per heavy atom. The summed E-state index contributed by atoms with van der Waals surface area (Å²) in [5.41, 5.74) is 0.598. The van der Waals surface area contributed by atoms with Crippen molar-refractivity contribution in [3.8, 4) is 11.5 Å². The van der Waals surface area contributed by atoms with Crippen molar-refractivity contribution in [2.75, 3.05) is 19.1 Å². The van der Waals surface area contributed by atoms with Crippen molar-refractivity contribution in [1.29, 1.82) is 0 Å². The molecule has 0 N–H and O–H groups in total. The van der Waals surface area contributed by atoms with Crippen LogP contribution in [0.5, 0.6) is 11.5 Å². The molecule has 5 rings (SSSR count). The molecule has 0 fully saturated rings. The Labute approximate surface area is 186 Å². The summed E-state index contributed by atoms with van der Waals surface area (Å²) in [6.07, 6.45) is 0. The Hall–Kier alpha value is -3.78. The van der Waals surface area contributed by atoms with Gasteiger partial charge in [0, 0.05) is 16.7 Å². The molecule has 0 unspecified atom stereocenters. The molecule has 0 bridgehead atoms. The van der Waals surface area contributed by atoms with Crippen LogP contribution in [0.25, 0.3) is 11.0 Å². The van der Waals surface area contributed by atoms with E-state index in [1.807, 2.05) is 0 Å². The van der Waals surface area contributed by atoms with Gasteiger partial charge < -0.3 is 18.4 Å². The lowest BCUT2D eigenvalue weighted by Gasteiger charge is -2.24. The minimum Gasteiger partial charge on any atom is -0.497 e. The molecule has 0 saturated carbocycles. The number of aryl methyl sites for hydroxylation is 1. The van der Waals surface area contributed by atoms with E-state index in [1.54, 1.807) is 43.3 Å². The van der Waals surface area contributed by atoms with E-state index in [0.29, 0.717) is 27.8 Å². The summed E-state index contributed by atoms with van der Waals surface area (Å²) in [4.78, 5) is 28.5. The normalized spacial score (nSPS) is 15.3. The number of halogens is 1. The third kappa shape index (κ3) is 2.95. The largest absolute Gasteiger partial charge is 0.497 e. The van der Waals surface area contributed by atoms with Gasteiger partial charge in [0.1, 0.15) is 28.9 Å². The highest BCUT2D eigenvalue weighted by atomic mass is 35.5. The number of rotatable bonds is 4. The Bertz CT molecular complexity index is 1440. The van der Waals surface area contributed by atoms with Gasteiger partial charge in [-0.15, -0.1) is 0 Å². The van der Waals surface area contributed by atoms with Crippen LogP contribution in [0.3, 0.4) is 0 Å². The number of benzene rings is 2. The fraction of sp³-hybridized carbons (Fsp3) is 0.174. The fourth-order valence-electron chi connectivity index (χ4n) is 4.00. The zero-order valence-corrected chi connectivity index (χ0v) is 18.1. The number of hydrogen-bond donors (Lipinski definition) is 0. The fourth-order valence-corrected chi connectivity index (χ4v) is 4.17. The predicted molar refractivity (Wildman–Crippen MR) is 117 cm³/mol. The molecule has 32 heavy (non-hydrogen) atoms. The maximum absolute atomic E-state index is 13.6. The first-order chi connectivity index (χ1) is 15.4. The van der Waals surface area contributed by atoms with Crippen LogP contribution in [0.4, 0.5) is 5.82 Å². The molecular formula is C23H17ClN2O6. The van der Waals surface area contributed by atoms with Gasteiger partial charge in [0.15, 0.2) is 11.2 Å². The van der Waals surface area contributed by atoms with Gasteiger partial charge in [-0.1, -0.05) is 16.8 Å². The van der Waals surface area contributed by atoms with Gasteiger partial charge in [0.25, 0.3) is 5.91 Å². The topological polar surface area (TPSA) is 95.0 Å². The van der Waals surface area contributed by atoms with Crippen molar-refractivity contribution in [2.24, 2.45) is 0 Å². The molecule has 3 heterocycles. The first kappa shape index (κ1) is 20.1. The van der Waals surface area contributed by atoms with Gasteiger partial charge >= 0.3 is 0 Å². The van der Waals surface area contributed by atoms with Crippen LogP contribution in [0.2, 0.25) is 5.02 Å². The first-order valence-corrected chi connectivity index (χ1v) is 10.1. The molecule has 162 valence electrons. The third-order valence-electron chi connectivity index (χ3n) is 5.43. The second-order valence-corrected chi connectivity index (χ2v) is 7.73. The van der Waals surface area contributed by atoms with Gasteiger partial charge in [0.05, 0.1) is 25.2 Å². The molecule has 8 nitrogen and oxygen atoms in total. The Balaban J connectivity index is 1.86. The lowest BCUT2D eigenvalue weighted by Crippen LogP contribution is -2.30. The molecule has 9 heteroatoms. The van der Waals surface area contributed by atoms with Crippen LogP contribution in [0.15, 0.2) is 56.2 Å². The number of amides is 1. The second kappa shape index (κ2) is 7.42. The summed E-state index contributed by atoms with van der Waals surface area (Å²) in [6, 6.07) is 10.6. The zero-order valence-electron chi connectivity index (χ0n) is 17.3. The minimum atomic E-state index is -0.883. The average molecular weight is 453 g/mol. The summed E-state index contributed by atoms with van der Waals surface area (Å²) < 4.78 is 22.0. The smallest absolute Gasteiger partial charge is 0.296 e. The number of methoxy groups -OCH3 is 2. The van der Waals surface area contributed by atoms with Gasteiger partial charge in [-0.3, -0.25) is 14.5 Å². The minimum absolute atomic E-state index is 0.0691. The van der Waals surface area contributed by atoms with Crippen LogP contribution in [-0.2, 0) is 0 Å². The van der Waals surface area contributed by atoms with Crippen LogP contribution in [-0.4, -0.2) is 25.3 Å². The lowest BCUT2D eigenvalue weighted by atomic mass is 9.97. The maximum Gasteiger partial charge on any atom is 0.296 e. The van der Waals surface area contributed by atoms with E-state index in [9.17, 15) is 9.59 Å². The highest BCUT2D eigenvalue weighted by Crippen LogP contribution is 2.44. The quantitative estimate of drug-likeness (QED) is 0.449. The number of anilines is 1. The zero-order chi connectivity index (χ0) is 22.6. The molecule has 1 aliphatic rings. The molecule has 1 atom stereocenters. The third-order valence-corrected chi connectivity index (χ3v) is 5.66. The molecule has 0 aliphatic carbocycles. The number of aromatic nitrogens is 1. The Kier molecular flexibility index (Phi) is 4.67. The molecule has 1 aliphatic heterocycles. The number of hydrogen-bond acceptors (Lipinski definition) is 7. The molecule has 2 aromatic heterocycles. The van der Waals surface area contributed by atoms with E-state index in [4.69, 9.17) is 30.0 Å². The summed E-state index contributed by atoms with van der Waals surface area (Å²) in [5, 5.41) is 4.67. The van der Waals surface area contributed by atoms with Crippen molar-refractivity contribution in [3.05, 3.63) is 80.4 Å². The van der Waals surface area contributed by atoms with E-state index >= 15 is 0 Å². The monoisotopic (exact) mass is 452 g/mol. The van der Waals surface area contributed by atoms with E-state index in [1.165, 1.54) is 25.2 Å². The van der Waals surface area contributed by atoms with E-state index in [2.05, 4.69) is 5.16 Å². The predicted octanol–water partition coefficient (Wildman–Crippen LogP) is 4.51. The van der Waals surface area contributed by atoms with Gasteiger partial charge in [-0.05, 0) is 43.3 Å². The van der Waals surface area contributed by atoms with E-state index < -0.39 is 11.9 Å². The van der Waals surface area contributed by atoms with Crippen molar-refractivity contribution in [1.82, 2.24) is 5.16 Å². The Morgan fingerprint density at radius 1 is 1.06 bits per heavy atom. The van der Waals surface area contributed by atoms with Crippen LogP contribution in [0.1, 0.15) is 33.5 Å². The van der Waals surface area contributed by atoms with Crippen molar-refractivity contribution in [2.45, 2.75) is 13.0 Å². The summed E-state index contributed by atoms with van der Waals surface area (Å²) in [5.74, 6) is 1.17. The van der Waals surface area contributed by atoms with Crippen LogP contribution in [0, 0.1) is 6.92 Å². The Morgan fingerprint density at radius 2 is 1.88 bits per heavy atom. The standard InChI is InChI=1S/C23H17ClN2O6/c1-11-8-18(25-32-11)26-20(14-10-13(29-2)5-7-16(14)30-3)19-21(27)15-9-12(24)4-6-17(15)31-22(19)23(26)28/h4-10,20H,1-3H3/t20-/m1/s1. The van der Waals surface area contributed by atoms with Crippen molar-refractivity contribution in [3.63, 3.8) is 0 Å². The molecule has 0 saturated heterocycles. The maximum atomic E-state index is 13.6. The SMILES string of the molecule is COc1ccc(OC)c([C@@H]2c3c(oc4ccc(Cl)cc4c3=O)C(=O)N2c2cc(C)on2)c1. The van der Waals surface area contributed by atoms with Gasteiger partial charge in [0.2, 0.25) is 5.76 Å². The summed E-state index contributed by atoms with van der Waals surface area (Å²) >= 11 is 6.12. The van der Waals surface area contributed by atoms with E-state index in [-0.39, 0.29) is 33.5 Å². The molecule has 0 radical (unpaired) electrons.